The van der Waals surface area contributed by atoms with Gasteiger partial charge in [0.25, 0.3) is 0 Å². The molecule has 0 saturated carbocycles. The van der Waals surface area contributed by atoms with Gasteiger partial charge >= 0.3 is 0 Å². The molecule has 1 rings (SSSR count). The third-order valence-corrected chi connectivity index (χ3v) is 5.04. The molecule has 0 aliphatic carbocycles. The van der Waals surface area contributed by atoms with Crippen molar-refractivity contribution < 1.29 is 0 Å². The van der Waals surface area contributed by atoms with Crippen molar-refractivity contribution >= 4 is 22.6 Å². The normalized spacial score (nSPS) is 31.0. The summed E-state index contributed by atoms with van der Waals surface area (Å²) in [5.41, 5.74) is 0. The predicted molar refractivity (Wildman–Crippen MR) is 76.5 cm³/mol. The van der Waals surface area contributed by atoms with Crippen LogP contribution in [-0.4, -0.2) is 21.5 Å². The summed E-state index contributed by atoms with van der Waals surface area (Å²) in [6.45, 7) is 8.34. The zero-order valence-electron chi connectivity index (χ0n) is 10.5. The molecule has 15 heavy (non-hydrogen) atoms. The molecule has 2 atom stereocenters. The number of rotatable bonds is 2. The lowest BCUT2D eigenvalue weighted by atomic mass is 9.96. The predicted octanol–water partition coefficient (Wildman–Crippen LogP) is 4.45. The standard InChI is InChI=1S/C13H26IN/c1-4-12-7-5-6-8-13(14)15(10-9-12)11(2)3/h11-13H,4-10H2,1-3H3/t12-,13?/m1/s1. The summed E-state index contributed by atoms with van der Waals surface area (Å²) >= 11 is 2.64. The van der Waals surface area contributed by atoms with E-state index in [4.69, 9.17) is 0 Å². The summed E-state index contributed by atoms with van der Waals surface area (Å²) in [7, 11) is 0. The highest BCUT2D eigenvalue weighted by Crippen LogP contribution is 2.26. The van der Waals surface area contributed by atoms with E-state index >= 15 is 0 Å². The molecule has 0 aromatic rings. The van der Waals surface area contributed by atoms with Crippen molar-refractivity contribution in [3.05, 3.63) is 0 Å². The average molecular weight is 323 g/mol. The Hall–Kier alpha value is 0.690. The number of halogens is 1. The van der Waals surface area contributed by atoms with Crippen LogP contribution in [0, 0.1) is 5.92 Å². The molecule has 0 aromatic carbocycles. The number of hydrogen-bond acceptors (Lipinski definition) is 1. The lowest BCUT2D eigenvalue weighted by molar-refractivity contribution is 0.197. The molecule has 1 nitrogen and oxygen atoms in total. The second kappa shape index (κ2) is 7.10. The van der Waals surface area contributed by atoms with Gasteiger partial charge in [0.2, 0.25) is 0 Å². The van der Waals surface area contributed by atoms with E-state index in [1.807, 2.05) is 0 Å². The van der Waals surface area contributed by atoms with Gasteiger partial charge in [-0.1, -0.05) is 55.2 Å². The minimum atomic E-state index is 0.711. The van der Waals surface area contributed by atoms with E-state index in [9.17, 15) is 0 Å². The van der Waals surface area contributed by atoms with Gasteiger partial charge in [-0.25, -0.2) is 0 Å². The van der Waals surface area contributed by atoms with E-state index in [1.165, 1.54) is 45.1 Å². The second-order valence-electron chi connectivity index (χ2n) is 5.11. The van der Waals surface area contributed by atoms with Crippen molar-refractivity contribution in [2.45, 2.75) is 69.4 Å². The number of hydrogen-bond donors (Lipinski definition) is 0. The Balaban J connectivity index is 2.54. The van der Waals surface area contributed by atoms with E-state index < -0.39 is 0 Å². The Labute approximate surface area is 109 Å². The minimum Gasteiger partial charge on any atom is -0.289 e. The number of nitrogens with zero attached hydrogens (tertiary/aromatic N) is 1. The Morgan fingerprint density at radius 3 is 2.47 bits per heavy atom. The van der Waals surface area contributed by atoms with E-state index in [1.54, 1.807) is 0 Å². The van der Waals surface area contributed by atoms with Crippen molar-refractivity contribution in [1.29, 1.82) is 0 Å². The van der Waals surface area contributed by atoms with Crippen LogP contribution in [0.25, 0.3) is 0 Å². The molecule has 1 saturated heterocycles. The smallest absolute Gasteiger partial charge is 0.0620 e. The molecular weight excluding hydrogens is 297 g/mol. The number of alkyl halides is 1. The topological polar surface area (TPSA) is 3.24 Å². The van der Waals surface area contributed by atoms with Crippen LogP contribution in [-0.2, 0) is 0 Å². The quantitative estimate of drug-likeness (QED) is 0.412. The first-order valence-corrected chi connectivity index (χ1v) is 7.79. The maximum atomic E-state index is 2.69. The van der Waals surface area contributed by atoms with Gasteiger partial charge in [0.15, 0.2) is 0 Å². The molecule has 90 valence electrons. The molecule has 0 spiro atoms. The minimum absolute atomic E-state index is 0.711. The van der Waals surface area contributed by atoms with Crippen LogP contribution in [0.1, 0.15) is 59.3 Å². The second-order valence-corrected chi connectivity index (χ2v) is 6.55. The van der Waals surface area contributed by atoms with Crippen LogP contribution < -0.4 is 0 Å². The Bertz CT molecular complexity index is 170. The summed E-state index contributed by atoms with van der Waals surface area (Å²) in [5, 5.41) is 0. The molecule has 2 heteroatoms. The third-order valence-electron chi connectivity index (χ3n) is 3.70. The highest BCUT2D eigenvalue weighted by Gasteiger charge is 2.21. The fourth-order valence-electron chi connectivity index (χ4n) is 2.52. The van der Waals surface area contributed by atoms with Gasteiger partial charge in [0, 0.05) is 6.04 Å². The van der Waals surface area contributed by atoms with Crippen molar-refractivity contribution in [3.8, 4) is 0 Å². The van der Waals surface area contributed by atoms with Gasteiger partial charge in [-0.05, 0) is 39.2 Å². The summed E-state index contributed by atoms with van der Waals surface area (Å²) in [6.07, 6.45) is 8.50. The van der Waals surface area contributed by atoms with Gasteiger partial charge in [0.1, 0.15) is 0 Å². The summed E-state index contributed by atoms with van der Waals surface area (Å²) in [4.78, 5) is 2.69. The Kier molecular flexibility index (Phi) is 6.51. The Morgan fingerprint density at radius 1 is 1.20 bits per heavy atom. The van der Waals surface area contributed by atoms with E-state index in [2.05, 4.69) is 48.3 Å². The largest absolute Gasteiger partial charge is 0.289 e. The molecule has 0 amide bonds. The molecule has 1 heterocycles. The van der Waals surface area contributed by atoms with Gasteiger partial charge in [0.05, 0.1) is 4.05 Å². The van der Waals surface area contributed by atoms with Crippen LogP contribution in [0.3, 0.4) is 0 Å². The van der Waals surface area contributed by atoms with Crippen LogP contribution in [0.5, 0.6) is 0 Å². The molecule has 1 aliphatic rings. The first kappa shape index (κ1) is 13.8. The highest BCUT2D eigenvalue weighted by atomic mass is 127. The SMILES string of the molecule is CC[C@@H]1CCCCC(I)N(C(C)C)CC1. The lowest BCUT2D eigenvalue weighted by Gasteiger charge is -2.31. The van der Waals surface area contributed by atoms with Crippen molar-refractivity contribution in [2.24, 2.45) is 5.92 Å². The molecular formula is C13H26IN. The molecule has 0 N–H and O–H groups in total. The molecule has 1 aliphatic heterocycles. The van der Waals surface area contributed by atoms with E-state index in [0.717, 1.165) is 9.97 Å². The fourth-order valence-corrected chi connectivity index (χ4v) is 3.88. The molecule has 0 radical (unpaired) electrons. The first-order chi connectivity index (χ1) is 7.15. The van der Waals surface area contributed by atoms with E-state index in [0.29, 0.717) is 6.04 Å². The first-order valence-electron chi connectivity index (χ1n) is 6.55. The zero-order valence-corrected chi connectivity index (χ0v) is 12.7. The maximum Gasteiger partial charge on any atom is 0.0620 e. The average Bonchev–Trinajstić information content (AvgIpc) is 2.28. The highest BCUT2D eigenvalue weighted by molar-refractivity contribution is 14.1. The Morgan fingerprint density at radius 2 is 1.87 bits per heavy atom. The summed E-state index contributed by atoms with van der Waals surface area (Å²) in [5.74, 6) is 0.980. The van der Waals surface area contributed by atoms with Crippen LogP contribution in [0.4, 0.5) is 0 Å². The van der Waals surface area contributed by atoms with Gasteiger partial charge < -0.3 is 0 Å². The molecule has 1 fully saturated rings. The van der Waals surface area contributed by atoms with Gasteiger partial charge in [-0.3, -0.25) is 4.90 Å². The molecule has 0 aromatic heterocycles. The van der Waals surface area contributed by atoms with Crippen LogP contribution >= 0.6 is 22.6 Å². The van der Waals surface area contributed by atoms with Crippen molar-refractivity contribution in [2.75, 3.05) is 6.54 Å². The van der Waals surface area contributed by atoms with E-state index in [-0.39, 0.29) is 0 Å². The van der Waals surface area contributed by atoms with Gasteiger partial charge in [-0.2, -0.15) is 0 Å². The molecule has 1 unspecified atom stereocenters. The third kappa shape index (κ3) is 4.59. The van der Waals surface area contributed by atoms with Crippen LogP contribution in [0.15, 0.2) is 0 Å². The van der Waals surface area contributed by atoms with Crippen molar-refractivity contribution in [1.82, 2.24) is 4.90 Å². The zero-order chi connectivity index (χ0) is 11.3. The maximum absolute atomic E-state index is 2.69. The van der Waals surface area contributed by atoms with Crippen LogP contribution in [0.2, 0.25) is 0 Å². The lowest BCUT2D eigenvalue weighted by Crippen LogP contribution is -2.37. The summed E-state index contributed by atoms with van der Waals surface area (Å²) in [6, 6.07) is 0.711. The fraction of sp³-hybridized carbons (Fsp3) is 1.00. The van der Waals surface area contributed by atoms with Gasteiger partial charge in [-0.15, -0.1) is 0 Å². The monoisotopic (exact) mass is 323 g/mol. The van der Waals surface area contributed by atoms with Crippen molar-refractivity contribution in [3.63, 3.8) is 0 Å². The molecule has 0 bridgehead atoms. The summed E-state index contributed by atoms with van der Waals surface area (Å²) < 4.78 is 0.762.